The molecule has 0 radical (unpaired) electrons. The van der Waals surface area contributed by atoms with Gasteiger partial charge in [-0.25, -0.2) is 29.9 Å². The molecule has 17 heteroatoms. The van der Waals surface area contributed by atoms with Crippen LogP contribution in [-0.4, -0.2) is 52.7 Å². The third-order valence-corrected chi connectivity index (χ3v) is 4.34. The third-order valence-electron chi connectivity index (χ3n) is 3.40. The van der Waals surface area contributed by atoms with Crippen molar-refractivity contribution in [3.05, 3.63) is 56.2 Å². The lowest BCUT2D eigenvalue weighted by molar-refractivity contribution is 0.100. The summed E-state index contributed by atoms with van der Waals surface area (Å²) in [4.78, 5) is 54.0. The summed E-state index contributed by atoms with van der Waals surface area (Å²) in [5.74, 6) is -0.321. The van der Waals surface area contributed by atoms with E-state index in [1.165, 1.54) is 39.4 Å². The number of hydrogen-bond donors (Lipinski definition) is 3. The molecule has 0 aliphatic rings. The molecule has 0 saturated heterocycles. The molecule has 0 atom stereocenters. The van der Waals surface area contributed by atoms with Crippen molar-refractivity contribution in [2.75, 3.05) is 11.5 Å². The Kier molecular flexibility index (Phi) is 18.1. The second-order valence-electron chi connectivity index (χ2n) is 5.88. The van der Waals surface area contributed by atoms with Gasteiger partial charge in [0.1, 0.15) is 16.1 Å². The average molecular weight is 585 g/mol. The molecular weight excluding hydrogens is 560 g/mol. The quantitative estimate of drug-likeness (QED) is 0.226. The Bertz CT molecular complexity index is 1050. The summed E-state index contributed by atoms with van der Waals surface area (Å²) >= 11 is 22.0. The molecule has 3 aromatic heterocycles. The molecule has 0 amide bonds. The Morgan fingerprint density at radius 3 is 1.39 bits per heavy atom. The fraction of sp³-hybridized carbons (Fsp3) is 0.211. The van der Waals surface area contributed by atoms with Crippen molar-refractivity contribution in [1.82, 2.24) is 36.1 Å². The first-order valence-electron chi connectivity index (χ1n) is 8.60. The highest BCUT2D eigenvalue weighted by atomic mass is 35.5. The molecule has 0 aliphatic carbocycles. The van der Waals surface area contributed by atoms with Gasteiger partial charge in [0.2, 0.25) is 16.5 Å². The molecule has 0 spiro atoms. The molecule has 3 heterocycles. The maximum absolute atomic E-state index is 10.8. The number of carbonyl (C=O) groups is 3. The van der Waals surface area contributed by atoms with Crippen LogP contribution in [-0.2, 0) is 0 Å². The molecule has 0 aliphatic heterocycles. The maximum atomic E-state index is 10.8. The number of aromatic nitrogens is 6. The fourth-order valence-electron chi connectivity index (χ4n) is 1.83. The number of ketones is 3. The van der Waals surface area contributed by atoms with E-state index < -0.39 is 0 Å². The van der Waals surface area contributed by atoms with Crippen LogP contribution in [0.15, 0.2) is 18.6 Å². The van der Waals surface area contributed by atoms with Crippen molar-refractivity contribution in [3.8, 4) is 0 Å². The van der Waals surface area contributed by atoms with Gasteiger partial charge < -0.3 is 23.1 Å². The number of anilines is 2. The van der Waals surface area contributed by atoms with E-state index in [0.717, 1.165) is 0 Å². The van der Waals surface area contributed by atoms with Gasteiger partial charge >= 0.3 is 0 Å². The normalized spacial score (nSPS) is 8.86. The second kappa shape index (κ2) is 17.4. The Labute approximate surface area is 226 Å². The van der Waals surface area contributed by atoms with Gasteiger partial charge in [-0.2, -0.15) is 0 Å². The van der Waals surface area contributed by atoms with E-state index in [2.05, 4.69) is 29.9 Å². The molecule has 0 unspecified atom stereocenters. The minimum Gasteiger partial charge on any atom is -0.412 e. The molecule has 9 N–H and O–H groups in total. The molecular formula is C19H25Cl4N9O4. The highest BCUT2D eigenvalue weighted by Gasteiger charge is 2.08. The van der Waals surface area contributed by atoms with E-state index in [1.807, 2.05) is 0 Å². The van der Waals surface area contributed by atoms with Crippen molar-refractivity contribution in [2.24, 2.45) is 0 Å². The van der Waals surface area contributed by atoms with Crippen molar-refractivity contribution in [2.45, 2.75) is 28.2 Å². The highest BCUT2D eigenvalue weighted by molar-refractivity contribution is 6.34. The van der Waals surface area contributed by atoms with Crippen LogP contribution in [0.25, 0.3) is 0 Å². The first kappa shape index (κ1) is 37.5. The van der Waals surface area contributed by atoms with Gasteiger partial charge in [-0.3, -0.25) is 14.4 Å². The van der Waals surface area contributed by atoms with Gasteiger partial charge in [0.05, 0.1) is 16.7 Å². The highest BCUT2D eigenvalue weighted by Crippen LogP contribution is 2.14. The zero-order chi connectivity index (χ0) is 25.3. The van der Waals surface area contributed by atoms with Crippen LogP contribution in [0.3, 0.4) is 0 Å². The summed E-state index contributed by atoms with van der Waals surface area (Å²) in [6.45, 7) is 4.17. The standard InChI is InChI=1S/C6H4Cl2N2O.2C6H6ClN3O.CH4.H3N.H2O/c1-3(11)4-2-9-6(8)10-5(4)7;1-3(11)4-2-9-6(7)10-5(4)8;1-3(11)4-2-9-6(8)10-5(4)7;;;/h2H,1H3;2*2H,1H3,(H2,8,9,10);1H4;1H3;1H2. The van der Waals surface area contributed by atoms with Gasteiger partial charge in [0.15, 0.2) is 17.3 Å². The number of nitrogen functional groups attached to an aromatic ring is 2. The van der Waals surface area contributed by atoms with Crippen LogP contribution in [0.1, 0.15) is 59.3 Å². The summed E-state index contributed by atoms with van der Waals surface area (Å²) in [5.41, 5.74) is 11.5. The Morgan fingerprint density at radius 1 is 0.667 bits per heavy atom. The largest absolute Gasteiger partial charge is 0.412 e. The van der Waals surface area contributed by atoms with E-state index in [1.54, 1.807) is 0 Å². The Balaban J connectivity index is -0.000000436. The van der Waals surface area contributed by atoms with E-state index >= 15 is 0 Å². The predicted molar refractivity (Wildman–Crippen MR) is 140 cm³/mol. The van der Waals surface area contributed by atoms with Crippen molar-refractivity contribution < 1.29 is 19.9 Å². The van der Waals surface area contributed by atoms with E-state index in [0.29, 0.717) is 11.1 Å². The molecule has 13 nitrogen and oxygen atoms in total. The fourth-order valence-corrected chi connectivity index (χ4v) is 2.68. The van der Waals surface area contributed by atoms with Crippen LogP contribution in [0.4, 0.5) is 11.8 Å². The molecule has 198 valence electrons. The molecule has 0 saturated carbocycles. The van der Waals surface area contributed by atoms with Gasteiger partial charge in [0, 0.05) is 18.6 Å². The number of nitrogens with two attached hydrogens (primary N) is 2. The summed E-state index contributed by atoms with van der Waals surface area (Å²) in [6.07, 6.45) is 3.93. The molecule has 3 rings (SSSR count). The monoisotopic (exact) mass is 583 g/mol. The van der Waals surface area contributed by atoms with Gasteiger partial charge in [-0.15, -0.1) is 0 Å². The lowest BCUT2D eigenvalue weighted by atomic mass is 10.2. The number of nitrogens with zero attached hydrogens (tertiary/aromatic N) is 6. The lowest BCUT2D eigenvalue weighted by Gasteiger charge is -1.98. The Hall–Kier alpha value is -3.07. The zero-order valence-corrected chi connectivity index (χ0v) is 21.5. The predicted octanol–water partition coefficient (Wildman–Crippen LogP) is 3.79. The second-order valence-corrected chi connectivity index (χ2v) is 7.27. The summed E-state index contributed by atoms with van der Waals surface area (Å²) in [7, 11) is 0. The Morgan fingerprint density at radius 2 is 1.03 bits per heavy atom. The number of halogens is 4. The van der Waals surface area contributed by atoms with Gasteiger partial charge in [0.25, 0.3) is 0 Å². The molecule has 0 aromatic carbocycles. The van der Waals surface area contributed by atoms with Gasteiger partial charge in [-0.05, 0) is 44.0 Å². The third kappa shape index (κ3) is 12.1. The van der Waals surface area contributed by atoms with E-state index in [9.17, 15) is 14.4 Å². The molecule has 36 heavy (non-hydrogen) atoms. The summed E-state index contributed by atoms with van der Waals surface area (Å²) in [5, 5.41) is 0.287. The zero-order valence-electron chi connectivity index (χ0n) is 18.5. The van der Waals surface area contributed by atoms with E-state index in [4.69, 9.17) is 57.9 Å². The molecule has 0 fully saturated rings. The SMILES string of the molecule is C.CC(=O)c1cnc(Cl)nc1Cl.CC(=O)c1cnc(Cl)nc1N.CC(=O)c1cnc(N)nc1Cl.N.O. The number of hydrogen-bond acceptors (Lipinski definition) is 12. The number of Topliss-reactive ketones (excluding diaryl/α,β-unsaturated/α-hetero) is 3. The number of rotatable bonds is 3. The van der Waals surface area contributed by atoms with Gasteiger partial charge in [-0.1, -0.05) is 30.6 Å². The number of carbonyl (C=O) groups excluding carboxylic acids is 3. The topological polar surface area (TPSA) is 247 Å². The molecule has 3 aromatic rings. The summed E-state index contributed by atoms with van der Waals surface area (Å²) in [6, 6.07) is 0. The molecule has 0 bridgehead atoms. The average Bonchev–Trinajstić information content (AvgIpc) is 2.68. The van der Waals surface area contributed by atoms with Crippen molar-refractivity contribution in [1.29, 1.82) is 0 Å². The lowest BCUT2D eigenvalue weighted by Crippen LogP contribution is -2.03. The van der Waals surface area contributed by atoms with Crippen molar-refractivity contribution in [3.63, 3.8) is 0 Å². The van der Waals surface area contributed by atoms with Crippen LogP contribution < -0.4 is 17.6 Å². The smallest absolute Gasteiger partial charge is 0.224 e. The van der Waals surface area contributed by atoms with Crippen LogP contribution in [0.2, 0.25) is 20.9 Å². The minimum absolute atomic E-state index is 0. The first-order valence-corrected chi connectivity index (χ1v) is 10.1. The maximum Gasteiger partial charge on any atom is 0.224 e. The summed E-state index contributed by atoms with van der Waals surface area (Å²) < 4.78 is 0. The van der Waals surface area contributed by atoms with E-state index in [-0.39, 0.29) is 74.6 Å². The van der Waals surface area contributed by atoms with Crippen LogP contribution in [0, 0.1) is 0 Å². The van der Waals surface area contributed by atoms with Crippen LogP contribution in [0.5, 0.6) is 0 Å². The van der Waals surface area contributed by atoms with Crippen LogP contribution >= 0.6 is 46.4 Å². The van der Waals surface area contributed by atoms with Crippen molar-refractivity contribution >= 4 is 75.5 Å². The minimum atomic E-state index is -0.174. The first-order chi connectivity index (χ1) is 15.3.